The zero-order valence-electron chi connectivity index (χ0n) is 17.5. The number of benzene rings is 3. The van der Waals surface area contributed by atoms with Gasteiger partial charge in [-0.3, -0.25) is 25.2 Å². The van der Waals surface area contributed by atoms with Crippen molar-refractivity contribution in [1.82, 2.24) is 26.0 Å². The number of aromatic nitrogens is 3. The lowest BCUT2D eigenvalue weighted by Gasteiger charge is -2.12. The highest BCUT2D eigenvalue weighted by Gasteiger charge is 2.18. The molecule has 0 radical (unpaired) electrons. The lowest BCUT2D eigenvalue weighted by atomic mass is 10.0. The van der Waals surface area contributed by atoms with Crippen LogP contribution in [0.15, 0.2) is 83.7 Å². The molecule has 0 aliphatic carbocycles. The molecule has 0 unspecified atom stereocenters. The third-order valence-corrected chi connectivity index (χ3v) is 5.64. The summed E-state index contributed by atoms with van der Waals surface area (Å²) in [7, 11) is 0. The Morgan fingerprint density at radius 3 is 2.24 bits per heavy atom. The molecule has 0 spiro atoms. The maximum absolute atomic E-state index is 13.1. The summed E-state index contributed by atoms with van der Waals surface area (Å²) in [5.41, 5.74) is 6.48. The van der Waals surface area contributed by atoms with Crippen molar-refractivity contribution >= 4 is 45.1 Å². The summed E-state index contributed by atoms with van der Waals surface area (Å²) in [4.78, 5) is 42.5. The van der Waals surface area contributed by atoms with Crippen LogP contribution in [0.5, 0.6) is 0 Å². The first-order chi connectivity index (χ1) is 16.5. The normalized spacial score (nSPS) is 10.9. The predicted molar refractivity (Wildman–Crippen MR) is 129 cm³/mol. The zero-order valence-corrected chi connectivity index (χ0v) is 18.3. The van der Waals surface area contributed by atoms with Gasteiger partial charge in [-0.2, -0.15) is 5.10 Å². The summed E-state index contributed by atoms with van der Waals surface area (Å²) in [5.74, 6) is -1.22. The summed E-state index contributed by atoms with van der Waals surface area (Å²) in [6.45, 7) is 0. The SMILES string of the molecule is O=C(NNC(=O)c1n[nH]c(=O)c2ccccc12)c1cc(-c2ccccc2Cl)nc2ccccc12. The van der Waals surface area contributed by atoms with Crippen LogP contribution in [0.4, 0.5) is 0 Å². The van der Waals surface area contributed by atoms with E-state index in [4.69, 9.17) is 11.6 Å². The first kappa shape index (κ1) is 21.3. The van der Waals surface area contributed by atoms with Crippen molar-refractivity contribution in [3.63, 3.8) is 0 Å². The third-order valence-electron chi connectivity index (χ3n) is 5.31. The van der Waals surface area contributed by atoms with Gasteiger partial charge in [-0.1, -0.05) is 66.2 Å². The summed E-state index contributed by atoms with van der Waals surface area (Å²) in [6.07, 6.45) is 0. The number of amides is 2. The minimum Gasteiger partial charge on any atom is -0.267 e. The second-order valence-corrected chi connectivity index (χ2v) is 7.81. The second kappa shape index (κ2) is 8.76. The van der Waals surface area contributed by atoms with E-state index in [0.29, 0.717) is 43.5 Å². The number of para-hydroxylation sites is 1. The number of carbonyl (C=O) groups is 2. The largest absolute Gasteiger partial charge is 0.290 e. The van der Waals surface area contributed by atoms with Crippen LogP contribution < -0.4 is 16.4 Å². The van der Waals surface area contributed by atoms with Crippen LogP contribution in [0.25, 0.3) is 32.9 Å². The second-order valence-electron chi connectivity index (χ2n) is 7.41. The summed E-state index contributed by atoms with van der Waals surface area (Å²) >= 11 is 6.34. The zero-order chi connectivity index (χ0) is 23.7. The highest BCUT2D eigenvalue weighted by atomic mass is 35.5. The van der Waals surface area contributed by atoms with E-state index in [9.17, 15) is 14.4 Å². The summed E-state index contributed by atoms with van der Waals surface area (Å²) in [6, 6.07) is 22.6. The standard InChI is InChI=1S/C25H16ClN5O3/c26-19-11-5-3-10-17(19)21-13-18(14-7-4-6-12-20(14)27-21)24(33)30-31-25(34)22-15-8-1-2-9-16(15)23(32)29-28-22/h1-13H,(H,29,32)(H,30,33)(H,31,34). The maximum atomic E-state index is 13.1. The average Bonchev–Trinajstić information content (AvgIpc) is 2.87. The van der Waals surface area contributed by atoms with Crippen LogP contribution in [0.2, 0.25) is 5.02 Å². The fourth-order valence-electron chi connectivity index (χ4n) is 3.70. The van der Waals surface area contributed by atoms with E-state index >= 15 is 0 Å². The number of hydrazine groups is 1. The fourth-order valence-corrected chi connectivity index (χ4v) is 3.93. The number of hydrogen-bond acceptors (Lipinski definition) is 5. The van der Waals surface area contributed by atoms with Gasteiger partial charge in [0.05, 0.1) is 22.2 Å². The number of pyridine rings is 1. The monoisotopic (exact) mass is 469 g/mol. The number of hydrogen-bond donors (Lipinski definition) is 3. The summed E-state index contributed by atoms with van der Waals surface area (Å²) in [5, 5.41) is 7.94. The molecule has 5 aromatic rings. The highest BCUT2D eigenvalue weighted by Crippen LogP contribution is 2.29. The van der Waals surface area contributed by atoms with Gasteiger partial charge in [0, 0.05) is 21.4 Å². The molecule has 9 heteroatoms. The smallest absolute Gasteiger partial charge is 0.267 e. The van der Waals surface area contributed by atoms with Gasteiger partial charge in [0.15, 0.2) is 5.69 Å². The van der Waals surface area contributed by atoms with Gasteiger partial charge in [-0.05, 0) is 24.3 Å². The van der Waals surface area contributed by atoms with Crippen LogP contribution >= 0.6 is 11.6 Å². The Kier molecular flexibility index (Phi) is 5.49. The molecule has 0 saturated heterocycles. The van der Waals surface area contributed by atoms with E-state index in [1.165, 1.54) is 0 Å². The molecule has 0 atom stereocenters. The first-order valence-electron chi connectivity index (χ1n) is 10.3. The van der Waals surface area contributed by atoms with E-state index in [0.717, 1.165) is 0 Å². The van der Waals surface area contributed by atoms with Crippen molar-refractivity contribution in [3.8, 4) is 11.3 Å². The van der Waals surface area contributed by atoms with Crippen LogP contribution in [-0.2, 0) is 0 Å². The van der Waals surface area contributed by atoms with E-state index in [2.05, 4.69) is 26.0 Å². The fraction of sp³-hybridized carbons (Fsp3) is 0. The Morgan fingerprint density at radius 2 is 1.44 bits per heavy atom. The maximum Gasteiger partial charge on any atom is 0.290 e. The van der Waals surface area contributed by atoms with E-state index < -0.39 is 17.4 Å². The summed E-state index contributed by atoms with van der Waals surface area (Å²) < 4.78 is 0. The van der Waals surface area contributed by atoms with Crippen LogP contribution in [0, 0.1) is 0 Å². The molecule has 0 bridgehead atoms. The molecule has 2 amide bonds. The number of halogens is 1. The Morgan fingerprint density at radius 1 is 0.794 bits per heavy atom. The highest BCUT2D eigenvalue weighted by molar-refractivity contribution is 6.33. The molecule has 8 nitrogen and oxygen atoms in total. The Hall–Kier alpha value is -4.56. The van der Waals surface area contributed by atoms with Crippen LogP contribution in [-0.4, -0.2) is 27.0 Å². The third kappa shape index (κ3) is 3.87. The number of H-pyrrole nitrogens is 1. The predicted octanol–water partition coefficient (Wildman–Crippen LogP) is 3.87. The van der Waals surface area contributed by atoms with E-state index in [1.807, 2.05) is 24.3 Å². The van der Waals surface area contributed by atoms with Crippen molar-refractivity contribution < 1.29 is 9.59 Å². The molecule has 166 valence electrons. The number of rotatable bonds is 3. The molecular weight excluding hydrogens is 454 g/mol. The number of nitrogens with zero attached hydrogens (tertiary/aromatic N) is 2. The van der Waals surface area contributed by atoms with Gasteiger partial charge in [0.1, 0.15) is 0 Å². The molecule has 2 aromatic heterocycles. The molecule has 0 fully saturated rings. The van der Waals surface area contributed by atoms with Crippen molar-refractivity contribution in [2.45, 2.75) is 0 Å². The number of aromatic amines is 1. The topological polar surface area (TPSA) is 117 Å². The number of carbonyl (C=O) groups excluding carboxylic acids is 2. The van der Waals surface area contributed by atoms with E-state index in [-0.39, 0.29) is 5.69 Å². The van der Waals surface area contributed by atoms with Gasteiger partial charge in [0.25, 0.3) is 17.4 Å². The number of fused-ring (bicyclic) bond motifs is 2. The minimum atomic E-state index is -0.675. The molecule has 0 saturated carbocycles. The molecule has 0 aliphatic rings. The lowest BCUT2D eigenvalue weighted by Crippen LogP contribution is -2.42. The van der Waals surface area contributed by atoms with Crippen molar-refractivity contribution in [3.05, 3.63) is 105 Å². The molecule has 5 rings (SSSR count). The molecule has 2 heterocycles. The van der Waals surface area contributed by atoms with E-state index in [1.54, 1.807) is 54.6 Å². The van der Waals surface area contributed by atoms with Gasteiger partial charge in [0.2, 0.25) is 0 Å². The minimum absolute atomic E-state index is 0.0214. The molecular formula is C25H16ClN5O3. The average molecular weight is 470 g/mol. The van der Waals surface area contributed by atoms with Crippen molar-refractivity contribution in [1.29, 1.82) is 0 Å². The van der Waals surface area contributed by atoms with Crippen molar-refractivity contribution in [2.24, 2.45) is 0 Å². The van der Waals surface area contributed by atoms with Crippen LogP contribution in [0.3, 0.4) is 0 Å². The van der Waals surface area contributed by atoms with Gasteiger partial charge in [-0.15, -0.1) is 0 Å². The Balaban J connectivity index is 1.48. The van der Waals surface area contributed by atoms with Crippen molar-refractivity contribution in [2.75, 3.05) is 0 Å². The Labute approximate surface area is 197 Å². The van der Waals surface area contributed by atoms with Gasteiger partial charge in [-0.25, -0.2) is 10.1 Å². The quantitative estimate of drug-likeness (QED) is 0.347. The molecule has 3 N–H and O–H groups in total. The van der Waals surface area contributed by atoms with Crippen LogP contribution in [0.1, 0.15) is 20.8 Å². The Bertz CT molecular complexity index is 1650. The lowest BCUT2D eigenvalue weighted by molar-refractivity contribution is 0.0845. The molecule has 34 heavy (non-hydrogen) atoms. The molecule has 0 aliphatic heterocycles. The number of nitrogens with one attached hydrogen (secondary N) is 3. The van der Waals surface area contributed by atoms with Gasteiger partial charge >= 0.3 is 0 Å². The van der Waals surface area contributed by atoms with Gasteiger partial charge < -0.3 is 0 Å². The molecule has 3 aromatic carbocycles. The first-order valence-corrected chi connectivity index (χ1v) is 10.6.